The van der Waals surface area contributed by atoms with Crippen LogP contribution in [-0.4, -0.2) is 23.6 Å². The summed E-state index contributed by atoms with van der Waals surface area (Å²) in [6.07, 6.45) is 1.15. The van der Waals surface area contributed by atoms with Crippen molar-refractivity contribution >= 4 is 35.0 Å². The molecule has 2 aliphatic heterocycles. The van der Waals surface area contributed by atoms with Crippen LogP contribution >= 0.6 is 0 Å². The van der Waals surface area contributed by atoms with Gasteiger partial charge in [0.25, 0.3) is 0 Å². The fraction of sp³-hybridized carbons (Fsp3) is 0.280. The van der Waals surface area contributed by atoms with E-state index in [2.05, 4.69) is 0 Å². The summed E-state index contributed by atoms with van der Waals surface area (Å²) in [5.41, 5.74) is 2.75. The van der Waals surface area contributed by atoms with Crippen molar-refractivity contribution in [1.82, 2.24) is 0 Å². The first kappa shape index (κ1) is 19.4. The van der Waals surface area contributed by atoms with Gasteiger partial charge in [-0.25, -0.2) is 4.90 Å². The van der Waals surface area contributed by atoms with Gasteiger partial charge in [-0.2, -0.15) is 0 Å². The fourth-order valence-electron chi connectivity index (χ4n) is 5.25. The van der Waals surface area contributed by atoms with Crippen molar-refractivity contribution in [3.63, 3.8) is 0 Å². The molecule has 3 unspecified atom stereocenters. The molecule has 2 fully saturated rings. The second-order valence-corrected chi connectivity index (χ2v) is 8.34. The first-order chi connectivity index (χ1) is 15.0. The molecule has 2 aromatic rings. The van der Waals surface area contributed by atoms with Crippen molar-refractivity contribution in [2.75, 3.05) is 9.80 Å². The molecule has 3 aliphatic rings. The van der Waals surface area contributed by atoms with Crippen molar-refractivity contribution in [2.24, 2.45) is 17.8 Å². The highest BCUT2D eigenvalue weighted by atomic mass is 16.2. The lowest BCUT2D eigenvalue weighted by Gasteiger charge is -2.28. The van der Waals surface area contributed by atoms with Gasteiger partial charge >= 0.3 is 0 Å². The van der Waals surface area contributed by atoms with E-state index in [-0.39, 0.29) is 30.0 Å². The largest absolute Gasteiger partial charge is 0.274 e. The molecule has 0 spiro atoms. The van der Waals surface area contributed by atoms with Crippen molar-refractivity contribution in [3.8, 4) is 0 Å². The molecule has 5 rings (SSSR count). The first-order valence-electron chi connectivity index (χ1n) is 10.5. The second kappa shape index (κ2) is 7.30. The van der Waals surface area contributed by atoms with Crippen LogP contribution in [0, 0.1) is 17.8 Å². The number of anilines is 2. The van der Waals surface area contributed by atoms with Crippen LogP contribution in [0.1, 0.15) is 26.2 Å². The Morgan fingerprint density at radius 2 is 1.32 bits per heavy atom. The molecule has 31 heavy (non-hydrogen) atoms. The van der Waals surface area contributed by atoms with Crippen LogP contribution in [0.3, 0.4) is 0 Å². The van der Waals surface area contributed by atoms with E-state index in [9.17, 15) is 19.2 Å². The molecule has 0 saturated carbocycles. The summed E-state index contributed by atoms with van der Waals surface area (Å²) < 4.78 is 0. The average molecular weight is 414 g/mol. The Kier molecular flexibility index (Phi) is 4.58. The van der Waals surface area contributed by atoms with Crippen LogP contribution in [0.5, 0.6) is 0 Å². The van der Waals surface area contributed by atoms with E-state index >= 15 is 0 Å². The Balaban J connectivity index is 1.48. The van der Waals surface area contributed by atoms with E-state index in [1.165, 1.54) is 9.80 Å². The summed E-state index contributed by atoms with van der Waals surface area (Å²) in [6, 6.07) is 17.8. The Morgan fingerprint density at radius 3 is 1.94 bits per heavy atom. The third kappa shape index (κ3) is 2.93. The van der Waals surface area contributed by atoms with Gasteiger partial charge in [-0.1, -0.05) is 47.5 Å². The number of nitrogens with zero attached hydrogens (tertiary/aromatic N) is 2. The monoisotopic (exact) mass is 414 g/mol. The van der Waals surface area contributed by atoms with E-state index in [0.717, 1.165) is 11.1 Å². The van der Waals surface area contributed by atoms with E-state index < -0.39 is 17.8 Å². The van der Waals surface area contributed by atoms with Crippen LogP contribution < -0.4 is 9.80 Å². The molecular weight excluding hydrogens is 392 g/mol. The van der Waals surface area contributed by atoms with Crippen LogP contribution in [-0.2, 0) is 19.2 Å². The normalized spacial score (nSPS) is 26.2. The van der Waals surface area contributed by atoms with Gasteiger partial charge in [-0.15, -0.1) is 0 Å². The van der Waals surface area contributed by atoms with Crippen LogP contribution in [0.15, 0.2) is 71.8 Å². The molecule has 0 N–H and O–H groups in total. The highest BCUT2D eigenvalue weighted by Crippen LogP contribution is 2.46. The van der Waals surface area contributed by atoms with E-state index in [1.807, 2.05) is 19.1 Å². The Labute approximate surface area is 180 Å². The molecule has 0 radical (unpaired) electrons. The van der Waals surface area contributed by atoms with Crippen LogP contribution in [0.25, 0.3) is 0 Å². The van der Waals surface area contributed by atoms with Crippen LogP contribution in [0.4, 0.5) is 11.4 Å². The minimum absolute atomic E-state index is 0.0995. The number of amides is 4. The molecule has 4 amide bonds. The predicted molar refractivity (Wildman–Crippen MR) is 115 cm³/mol. The van der Waals surface area contributed by atoms with Crippen molar-refractivity contribution in [2.45, 2.75) is 26.2 Å². The molecule has 6 nitrogen and oxygen atoms in total. The summed E-state index contributed by atoms with van der Waals surface area (Å²) in [6.45, 7) is 1.84. The maximum Gasteiger partial charge on any atom is 0.241 e. The van der Waals surface area contributed by atoms with Gasteiger partial charge in [0, 0.05) is 6.42 Å². The Morgan fingerprint density at radius 1 is 0.742 bits per heavy atom. The minimum Gasteiger partial charge on any atom is -0.274 e. The van der Waals surface area contributed by atoms with Crippen LogP contribution in [0.2, 0.25) is 0 Å². The number of fused-ring (bicyclic) bond motifs is 1. The number of carbonyl (C=O) groups is 4. The lowest BCUT2D eigenvalue weighted by atomic mass is 9.73. The summed E-state index contributed by atoms with van der Waals surface area (Å²) >= 11 is 0. The summed E-state index contributed by atoms with van der Waals surface area (Å²) in [5.74, 6) is -2.45. The van der Waals surface area contributed by atoms with Crippen molar-refractivity contribution in [1.29, 1.82) is 0 Å². The zero-order chi connectivity index (χ0) is 21.7. The zero-order valence-electron chi connectivity index (χ0n) is 17.2. The van der Waals surface area contributed by atoms with Gasteiger partial charge < -0.3 is 0 Å². The fourth-order valence-corrected chi connectivity index (χ4v) is 5.25. The maximum atomic E-state index is 13.3. The number of benzene rings is 2. The molecule has 3 atom stereocenters. The number of imide groups is 2. The molecule has 2 heterocycles. The maximum absolute atomic E-state index is 13.3. The number of para-hydroxylation sites is 2. The predicted octanol–water partition coefficient (Wildman–Crippen LogP) is 3.48. The first-order valence-corrected chi connectivity index (χ1v) is 10.5. The SMILES string of the molecule is CC1=C(C2CC(=O)N(c3ccccc3)C2=O)CCC2C(=O)N(c3ccccc3)C(=O)C12. The molecule has 2 saturated heterocycles. The molecule has 2 aromatic carbocycles. The van der Waals surface area contributed by atoms with E-state index in [0.29, 0.717) is 24.2 Å². The lowest BCUT2D eigenvalue weighted by molar-refractivity contribution is -0.123. The van der Waals surface area contributed by atoms with Gasteiger partial charge in [0.2, 0.25) is 23.6 Å². The summed E-state index contributed by atoms with van der Waals surface area (Å²) in [7, 11) is 0. The number of rotatable bonds is 3. The van der Waals surface area contributed by atoms with Crippen molar-refractivity contribution in [3.05, 3.63) is 71.8 Å². The molecule has 1 aliphatic carbocycles. The standard InChI is InChI=1S/C25H22N2O4/c1-15-18(20-14-21(28)26(24(20)30)16-8-4-2-5-9-16)12-13-19-22(15)25(31)27(23(19)29)17-10-6-3-7-11-17/h2-11,19-20,22H,12-14H2,1H3. The average Bonchev–Trinajstić information content (AvgIpc) is 3.22. The summed E-state index contributed by atoms with van der Waals surface area (Å²) in [4.78, 5) is 54.7. The van der Waals surface area contributed by atoms with Gasteiger partial charge in [0.1, 0.15) is 0 Å². The number of carbonyl (C=O) groups excluding carboxylic acids is 4. The van der Waals surface area contributed by atoms with E-state index in [1.54, 1.807) is 48.5 Å². The molecule has 0 bridgehead atoms. The van der Waals surface area contributed by atoms with Gasteiger partial charge in [0.05, 0.1) is 29.1 Å². The quantitative estimate of drug-likeness (QED) is 0.569. The smallest absolute Gasteiger partial charge is 0.241 e. The molecular formula is C25H22N2O4. The van der Waals surface area contributed by atoms with E-state index in [4.69, 9.17) is 0 Å². The Bertz CT molecular complexity index is 1120. The second-order valence-electron chi connectivity index (χ2n) is 8.34. The molecule has 6 heteroatoms. The third-order valence-electron chi connectivity index (χ3n) is 6.72. The van der Waals surface area contributed by atoms with Gasteiger partial charge in [0.15, 0.2) is 0 Å². The minimum atomic E-state index is -0.567. The lowest BCUT2D eigenvalue weighted by Crippen LogP contribution is -2.32. The topological polar surface area (TPSA) is 74.8 Å². The highest BCUT2D eigenvalue weighted by molar-refractivity contribution is 6.24. The molecule has 156 valence electrons. The molecule has 0 aromatic heterocycles. The van der Waals surface area contributed by atoms with Crippen molar-refractivity contribution < 1.29 is 19.2 Å². The third-order valence-corrected chi connectivity index (χ3v) is 6.72. The van der Waals surface area contributed by atoms with Gasteiger partial charge in [-0.3, -0.25) is 24.1 Å². The van der Waals surface area contributed by atoms with Gasteiger partial charge in [-0.05, 0) is 44.0 Å². The number of hydrogen-bond donors (Lipinski definition) is 0. The number of hydrogen-bond acceptors (Lipinski definition) is 4. The highest BCUT2D eigenvalue weighted by Gasteiger charge is 2.53. The zero-order valence-corrected chi connectivity index (χ0v) is 17.2. The Hall–Kier alpha value is -3.54. The summed E-state index contributed by atoms with van der Waals surface area (Å²) in [5, 5.41) is 0.